The first-order valence-corrected chi connectivity index (χ1v) is 9.91. The van der Waals surface area contributed by atoms with E-state index in [-0.39, 0.29) is 11.8 Å². The van der Waals surface area contributed by atoms with Gasteiger partial charge in [0.05, 0.1) is 5.39 Å². The van der Waals surface area contributed by atoms with E-state index in [1.165, 1.54) is 5.56 Å². The van der Waals surface area contributed by atoms with Gasteiger partial charge in [0.15, 0.2) is 0 Å². The third kappa shape index (κ3) is 3.72. The summed E-state index contributed by atoms with van der Waals surface area (Å²) >= 11 is 0. The molecule has 1 saturated heterocycles. The van der Waals surface area contributed by atoms with Gasteiger partial charge in [-0.15, -0.1) is 0 Å². The zero-order chi connectivity index (χ0) is 19.5. The standard InChI is InChI=1S/C22H26N4O2/c1-15-16(2)28-22-19(15)20(24-14-25-22)26-12-9-18(10-13-26)21(27)23-11-8-17-6-4-3-5-7-17/h3-7,14,18H,8-13H2,1-2H3,(H,23,27). The summed E-state index contributed by atoms with van der Waals surface area (Å²) in [6.07, 6.45) is 4.09. The summed E-state index contributed by atoms with van der Waals surface area (Å²) in [6, 6.07) is 10.2. The Morgan fingerprint density at radius 2 is 1.93 bits per heavy atom. The van der Waals surface area contributed by atoms with Crippen LogP contribution in [0.4, 0.5) is 5.82 Å². The van der Waals surface area contributed by atoms with Crippen LogP contribution < -0.4 is 10.2 Å². The van der Waals surface area contributed by atoms with Gasteiger partial charge < -0.3 is 14.6 Å². The molecule has 0 unspecified atom stereocenters. The second-order valence-electron chi connectivity index (χ2n) is 7.45. The molecule has 3 aromatic rings. The number of furan rings is 1. The highest BCUT2D eigenvalue weighted by molar-refractivity contribution is 5.90. The molecule has 0 spiro atoms. The van der Waals surface area contributed by atoms with E-state index in [4.69, 9.17) is 4.42 Å². The summed E-state index contributed by atoms with van der Waals surface area (Å²) in [5.74, 6) is 2.03. The molecule has 1 aliphatic heterocycles. The molecule has 146 valence electrons. The minimum atomic E-state index is 0.0662. The van der Waals surface area contributed by atoms with Crippen molar-refractivity contribution in [2.24, 2.45) is 5.92 Å². The number of benzene rings is 1. The van der Waals surface area contributed by atoms with Gasteiger partial charge in [-0.3, -0.25) is 4.79 Å². The number of aryl methyl sites for hydroxylation is 2. The van der Waals surface area contributed by atoms with E-state index in [1.54, 1.807) is 6.33 Å². The molecule has 4 rings (SSSR count). The summed E-state index contributed by atoms with van der Waals surface area (Å²) < 4.78 is 5.73. The maximum atomic E-state index is 12.5. The molecule has 2 aromatic heterocycles. The summed E-state index contributed by atoms with van der Waals surface area (Å²) in [5.41, 5.74) is 2.98. The van der Waals surface area contributed by atoms with E-state index in [1.807, 2.05) is 32.0 Å². The van der Waals surface area contributed by atoms with Gasteiger partial charge in [0.2, 0.25) is 11.6 Å². The quantitative estimate of drug-likeness (QED) is 0.737. The second-order valence-corrected chi connectivity index (χ2v) is 7.45. The topological polar surface area (TPSA) is 71.3 Å². The van der Waals surface area contributed by atoms with Crippen molar-refractivity contribution in [3.8, 4) is 0 Å². The van der Waals surface area contributed by atoms with Crippen molar-refractivity contribution >= 4 is 22.8 Å². The first-order chi connectivity index (χ1) is 13.6. The lowest BCUT2D eigenvalue weighted by Crippen LogP contribution is -2.41. The molecule has 3 heterocycles. The largest absolute Gasteiger partial charge is 0.443 e. The third-order valence-electron chi connectivity index (χ3n) is 5.67. The lowest BCUT2D eigenvalue weighted by Gasteiger charge is -2.32. The maximum absolute atomic E-state index is 12.5. The molecular weight excluding hydrogens is 352 g/mol. The summed E-state index contributed by atoms with van der Waals surface area (Å²) in [6.45, 7) is 6.30. The van der Waals surface area contributed by atoms with Crippen molar-refractivity contribution in [2.45, 2.75) is 33.1 Å². The minimum absolute atomic E-state index is 0.0662. The van der Waals surface area contributed by atoms with Crippen LogP contribution in [0.15, 0.2) is 41.1 Å². The van der Waals surface area contributed by atoms with E-state index in [2.05, 4.69) is 32.3 Å². The van der Waals surface area contributed by atoms with E-state index < -0.39 is 0 Å². The van der Waals surface area contributed by atoms with E-state index >= 15 is 0 Å². The molecule has 6 nitrogen and oxygen atoms in total. The summed E-state index contributed by atoms with van der Waals surface area (Å²) in [5, 5.41) is 4.09. The minimum Gasteiger partial charge on any atom is -0.443 e. The SMILES string of the molecule is Cc1oc2ncnc(N3CCC(C(=O)NCCc4ccccc4)CC3)c2c1C. The number of fused-ring (bicyclic) bond motifs is 1. The number of hydrogen-bond donors (Lipinski definition) is 1. The lowest BCUT2D eigenvalue weighted by atomic mass is 9.95. The van der Waals surface area contributed by atoms with Crippen LogP contribution in [0, 0.1) is 19.8 Å². The monoisotopic (exact) mass is 378 g/mol. The van der Waals surface area contributed by atoms with Crippen LogP contribution >= 0.6 is 0 Å². The molecule has 0 radical (unpaired) electrons. The zero-order valence-corrected chi connectivity index (χ0v) is 16.4. The molecule has 1 amide bonds. The molecule has 0 aliphatic carbocycles. The first-order valence-electron chi connectivity index (χ1n) is 9.91. The Labute approximate surface area is 165 Å². The molecule has 1 fully saturated rings. The van der Waals surface area contributed by atoms with Crippen molar-refractivity contribution < 1.29 is 9.21 Å². The number of nitrogens with one attached hydrogen (secondary N) is 1. The molecule has 28 heavy (non-hydrogen) atoms. The van der Waals surface area contributed by atoms with E-state index in [9.17, 15) is 4.79 Å². The summed E-state index contributed by atoms with van der Waals surface area (Å²) in [7, 11) is 0. The predicted molar refractivity (Wildman–Crippen MR) is 109 cm³/mol. The Bertz CT molecular complexity index is 959. The fourth-order valence-electron chi connectivity index (χ4n) is 3.88. The van der Waals surface area contributed by atoms with Gasteiger partial charge in [0.25, 0.3) is 0 Å². The lowest BCUT2D eigenvalue weighted by molar-refractivity contribution is -0.125. The van der Waals surface area contributed by atoms with Crippen molar-refractivity contribution in [1.82, 2.24) is 15.3 Å². The Morgan fingerprint density at radius 3 is 2.68 bits per heavy atom. The summed E-state index contributed by atoms with van der Waals surface area (Å²) in [4.78, 5) is 23.5. The number of carbonyl (C=O) groups is 1. The number of rotatable bonds is 5. The van der Waals surface area contributed by atoms with Gasteiger partial charge in [-0.1, -0.05) is 30.3 Å². The number of amides is 1. The predicted octanol–water partition coefficient (Wildman–Crippen LogP) is 3.41. The maximum Gasteiger partial charge on any atom is 0.231 e. The Hall–Kier alpha value is -2.89. The van der Waals surface area contributed by atoms with Crippen molar-refractivity contribution in [3.05, 3.63) is 53.5 Å². The molecule has 1 N–H and O–H groups in total. The number of aromatic nitrogens is 2. The molecule has 0 bridgehead atoms. The number of nitrogens with zero attached hydrogens (tertiary/aromatic N) is 3. The van der Waals surface area contributed by atoms with Gasteiger partial charge in [0.1, 0.15) is 17.9 Å². The van der Waals surface area contributed by atoms with Crippen LogP contribution in [0.5, 0.6) is 0 Å². The van der Waals surface area contributed by atoms with Crippen LogP contribution in [-0.4, -0.2) is 35.5 Å². The van der Waals surface area contributed by atoms with Gasteiger partial charge in [0, 0.05) is 31.1 Å². The second kappa shape index (κ2) is 8.00. The van der Waals surface area contributed by atoms with Crippen LogP contribution in [-0.2, 0) is 11.2 Å². The van der Waals surface area contributed by atoms with Gasteiger partial charge in [-0.05, 0) is 38.7 Å². The average molecular weight is 378 g/mol. The van der Waals surface area contributed by atoms with Gasteiger partial charge >= 0.3 is 0 Å². The Morgan fingerprint density at radius 1 is 1.18 bits per heavy atom. The van der Waals surface area contributed by atoms with Crippen LogP contribution in [0.1, 0.15) is 29.7 Å². The Kier molecular flexibility index (Phi) is 5.28. The van der Waals surface area contributed by atoms with Gasteiger partial charge in [-0.25, -0.2) is 9.97 Å². The highest BCUT2D eigenvalue weighted by Gasteiger charge is 2.27. The van der Waals surface area contributed by atoms with Crippen molar-refractivity contribution in [1.29, 1.82) is 0 Å². The molecular formula is C22H26N4O2. The molecule has 0 atom stereocenters. The molecule has 0 saturated carbocycles. The smallest absolute Gasteiger partial charge is 0.231 e. The van der Waals surface area contributed by atoms with Crippen molar-refractivity contribution in [2.75, 3.05) is 24.5 Å². The number of hydrogen-bond acceptors (Lipinski definition) is 5. The average Bonchev–Trinajstić information content (AvgIpc) is 3.03. The fourth-order valence-corrected chi connectivity index (χ4v) is 3.88. The highest BCUT2D eigenvalue weighted by Crippen LogP contribution is 2.32. The molecule has 1 aliphatic rings. The van der Waals surface area contributed by atoms with Crippen LogP contribution in [0.25, 0.3) is 11.1 Å². The van der Waals surface area contributed by atoms with E-state index in [0.29, 0.717) is 12.3 Å². The molecule has 1 aromatic carbocycles. The number of piperidine rings is 1. The highest BCUT2D eigenvalue weighted by atomic mass is 16.3. The fraction of sp³-hybridized carbons (Fsp3) is 0.409. The van der Waals surface area contributed by atoms with Crippen molar-refractivity contribution in [3.63, 3.8) is 0 Å². The number of anilines is 1. The number of carbonyl (C=O) groups excluding carboxylic acids is 1. The third-order valence-corrected chi connectivity index (χ3v) is 5.67. The van der Waals surface area contributed by atoms with Crippen LogP contribution in [0.3, 0.4) is 0 Å². The Balaban J connectivity index is 1.34. The first kappa shape index (κ1) is 18.5. The van der Waals surface area contributed by atoms with Gasteiger partial charge in [-0.2, -0.15) is 0 Å². The zero-order valence-electron chi connectivity index (χ0n) is 16.4. The normalized spacial score (nSPS) is 15.1. The molecule has 6 heteroatoms. The van der Waals surface area contributed by atoms with E-state index in [0.717, 1.165) is 54.9 Å². The van der Waals surface area contributed by atoms with Crippen LogP contribution in [0.2, 0.25) is 0 Å².